The van der Waals surface area contributed by atoms with Gasteiger partial charge in [-0.25, -0.2) is 4.98 Å². The molecule has 2 unspecified atom stereocenters. The molecule has 0 spiro atoms. The molecular formula is C17H21Cl2N3O. The number of benzene rings is 1. The van der Waals surface area contributed by atoms with E-state index in [0.29, 0.717) is 17.8 Å². The summed E-state index contributed by atoms with van der Waals surface area (Å²) in [7, 11) is 0. The number of hydrogen-bond donors (Lipinski definition) is 1. The monoisotopic (exact) mass is 353 g/mol. The summed E-state index contributed by atoms with van der Waals surface area (Å²) in [4.78, 5) is 19.2. The van der Waals surface area contributed by atoms with Gasteiger partial charge in [0.15, 0.2) is 0 Å². The van der Waals surface area contributed by atoms with Crippen molar-refractivity contribution in [1.29, 1.82) is 0 Å². The van der Waals surface area contributed by atoms with Crippen LogP contribution >= 0.6 is 24.8 Å². The fourth-order valence-electron chi connectivity index (χ4n) is 3.47. The van der Waals surface area contributed by atoms with Crippen molar-refractivity contribution in [2.75, 3.05) is 13.1 Å². The molecular weight excluding hydrogens is 333 g/mol. The van der Waals surface area contributed by atoms with Gasteiger partial charge in [-0.15, -0.1) is 24.8 Å². The average Bonchev–Trinajstić information content (AvgIpc) is 2.85. The number of carbonyl (C=O) groups is 1. The van der Waals surface area contributed by atoms with Crippen molar-refractivity contribution < 1.29 is 4.79 Å². The number of nitrogens with zero attached hydrogens (tertiary/aromatic N) is 2. The van der Waals surface area contributed by atoms with E-state index in [-0.39, 0.29) is 30.7 Å². The maximum absolute atomic E-state index is 12.7. The Morgan fingerprint density at radius 2 is 1.83 bits per heavy atom. The van der Waals surface area contributed by atoms with E-state index < -0.39 is 0 Å². The van der Waals surface area contributed by atoms with Gasteiger partial charge in [-0.1, -0.05) is 24.3 Å². The summed E-state index contributed by atoms with van der Waals surface area (Å²) in [6.07, 6.45) is 3.48. The molecule has 3 heterocycles. The Morgan fingerprint density at radius 1 is 1.04 bits per heavy atom. The van der Waals surface area contributed by atoms with Crippen LogP contribution in [-0.4, -0.2) is 41.0 Å². The zero-order chi connectivity index (χ0) is 14.2. The second-order valence-electron chi connectivity index (χ2n) is 6.07. The van der Waals surface area contributed by atoms with Crippen LogP contribution in [0.15, 0.2) is 36.4 Å². The fourth-order valence-corrected chi connectivity index (χ4v) is 3.47. The predicted molar refractivity (Wildman–Crippen MR) is 96.7 cm³/mol. The highest BCUT2D eigenvalue weighted by molar-refractivity contribution is 5.95. The lowest BCUT2D eigenvalue weighted by Crippen LogP contribution is -2.39. The number of hydrogen-bond acceptors (Lipinski definition) is 3. The topological polar surface area (TPSA) is 45.2 Å². The Labute approximate surface area is 148 Å². The molecule has 124 valence electrons. The minimum absolute atomic E-state index is 0. The second-order valence-corrected chi connectivity index (χ2v) is 6.07. The van der Waals surface area contributed by atoms with Gasteiger partial charge in [0.05, 0.1) is 5.52 Å². The summed E-state index contributed by atoms with van der Waals surface area (Å²) in [6.45, 7) is 1.64. The Hall–Kier alpha value is -1.36. The Bertz CT molecular complexity index is 694. The first-order valence-electron chi connectivity index (χ1n) is 7.71. The normalized spacial score (nSPS) is 22.9. The minimum Gasteiger partial charge on any atom is -0.336 e. The van der Waals surface area contributed by atoms with Crippen LogP contribution in [0.1, 0.15) is 29.8 Å². The molecule has 4 nitrogen and oxygen atoms in total. The van der Waals surface area contributed by atoms with Crippen molar-refractivity contribution in [3.05, 3.63) is 42.1 Å². The molecule has 4 rings (SSSR count). The molecule has 2 bridgehead atoms. The van der Waals surface area contributed by atoms with Crippen LogP contribution in [0.5, 0.6) is 0 Å². The number of carbonyl (C=O) groups excluding carboxylic acids is 1. The van der Waals surface area contributed by atoms with Gasteiger partial charge in [0.1, 0.15) is 5.69 Å². The molecule has 0 radical (unpaired) electrons. The highest BCUT2D eigenvalue weighted by Gasteiger charge is 2.31. The molecule has 2 saturated heterocycles. The van der Waals surface area contributed by atoms with Crippen LogP contribution < -0.4 is 5.32 Å². The number of aromatic nitrogens is 1. The number of rotatable bonds is 1. The van der Waals surface area contributed by atoms with E-state index in [1.807, 2.05) is 41.3 Å². The van der Waals surface area contributed by atoms with E-state index in [4.69, 9.17) is 0 Å². The van der Waals surface area contributed by atoms with Crippen LogP contribution in [-0.2, 0) is 0 Å². The van der Waals surface area contributed by atoms with Gasteiger partial charge in [0.25, 0.3) is 5.91 Å². The standard InChI is InChI=1S/C17H19N3O.2ClH/c21-17(20-10-9-13-6-7-14(11-20)18-13)16-8-5-12-3-1-2-4-15(12)19-16;;/h1-5,8,13-14,18H,6-7,9-11H2;2*1H. The Balaban J connectivity index is 0.000000960. The maximum Gasteiger partial charge on any atom is 0.272 e. The van der Waals surface area contributed by atoms with Crippen molar-refractivity contribution in [1.82, 2.24) is 15.2 Å². The molecule has 1 N–H and O–H groups in total. The zero-order valence-corrected chi connectivity index (χ0v) is 14.4. The lowest BCUT2D eigenvalue weighted by Gasteiger charge is -2.24. The van der Waals surface area contributed by atoms with Gasteiger partial charge >= 0.3 is 0 Å². The summed E-state index contributed by atoms with van der Waals surface area (Å²) >= 11 is 0. The molecule has 1 aromatic carbocycles. The first-order valence-corrected chi connectivity index (χ1v) is 7.71. The number of nitrogens with one attached hydrogen (secondary N) is 1. The van der Waals surface area contributed by atoms with E-state index in [9.17, 15) is 4.79 Å². The van der Waals surface area contributed by atoms with Crippen LogP contribution in [0.4, 0.5) is 0 Å². The average molecular weight is 354 g/mol. The molecule has 23 heavy (non-hydrogen) atoms. The third kappa shape index (κ3) is 3.60. The largest absolute Gasteiger partial charge is 0.336 e. The van der Waals surface area contributed by atoms with Crippen molar-refractivity contribution in [2.24, 2.45) is 0 Å². The molecule has 1 amide bonds. The van der Waals surface area contributed by atoms with E-state index >= 15 is 0 Å². The lowest BCUT2D eigenvalue weighted by molar-refractivity contribution is 0.0742. The van der Waals surface area contributed by atoms with Gasteiger partial charge < -0.3 is 10.2 Å². The van der Waals surface area contributed by atoms with Gasteiger partial charge in [-0.05, 0) is 31.4 Å². The third-order valence-electron chi connectivity index (χ3n) is 4.63. The zero-order valence-electron chi connectivity index (χ0n) is 12.8. The number of likely N-dealkylation sites (tertiary alicyclic amines) is 1. The number of amides is 1. The molecule has 0 saturated carbocycles. The fraction of sp³-hybridized carbons (Fsp3) is 0.412. The highest BCUT2D eigenvalue weighted by Crippen LogP contribution is 2.22. The van der Waals surface area contributed by atoms with E-state index in [0.717, 1.165) is 30.4 Å². The van der Waals surface area contributed by atoms with Crippen molar-refractivity contribution >= 4 is 41.6 Å². The molecule has 2 aliphatic heterocycles. The number of para-hydroxylation sites is 1. The van der Waals surface area contributed by atoms with Gasteiger partial charge in [-0.2, -0.15) is 0 Å². The van der Waals surface area contributed by atoms with Crippen LogP contribution in [0.2, 0.25) is 0 Å². The van der Waals surface area contributed by atoms with Gasteiger partial charge in [0.2, 0.25) is 0 Å². The smallest absolute Gasteiger partial charge is 0.272 e. The van der Waals surface area contributed by atoms with E-state index in [1.54, 1.807) is 0 Å². The van der Waals surface area contributed by atoms with Gasteiger partial charge in [-0.3, -0.25) is 4.79 Å². The van der Waals surface area contributed by atoms with E-state index in [1.165, 1.54) is 12.8 Å². The lowest BCUT2D eigenvalue weighted by atomic mass is 10.1. The highest BCUT2D eigenvalue weighted by atomic mass is 35.5. The summed E-state index contributed by atoms with van der Waals surface area (Å²) in [5, 5.41) is 4.68. The SMILES string of the molecule is Cl.Cl.O=C(c1ccc2ccccc2n1)N1CCC2CCC(C1)N2. The Morgan fingerprint density at radius 3 is 2.70 bits per heavy atom. The van der Waals surface area contributed by atoms with Crippen LogP contribution in [0.3, 0.4) is 0 Å². The van der Waals surface area contributed by atoms with E-state index in [2.05, 4.69) is 10.3 Å². The van der Waals surface area contributed by atoms with Crippen molar-refractivity contribution in [2.45, 2.75) is 31.3 Å². The summed E-state index contributed by atoms with van der Waals surface area (Å²) < 4.78 is 0. The molecule has 2 atom stereocenters. The molecule has 2 aliphatic rings. The second kappa shape index (κ2) is 7.47. The first kappa shape index (κ1) is 18.0. The number of fused-ring (bicyclic) bond motifs is 3. The van der Waals surface area contributed by atoms with Crippen LogP contribution in [0.25, 0.3) is 10.9 Å². The summed E-state index contributed by atoms with van der Waals surface area (Å²) in [5.74, 6) is 0.0649. The maximum atomic E-state index is 12.7. The number of halogens is 2. The summed E-state index contributed by atoms with van der Waals surface area (Å²) in [5.41, 5.74) is 1.45. The molecule has 2 aromatic rings. The molecule has 2 fully saturated rings. The quantitative estimate of drug-likeness (QED) is 0.856. The Kier molecular flexibility index (Phi) is 5.84. The summed E-state index contributed by atoms with van der Waals surface area (Å²) in [6, 6.07) is 12.8. The molecule has 1 aromatic heterocycles. The van der Waals surface area contributed by atoms with Crippen molar-refractivity contribution in [3.8, 4) is 0 Å². The van der Waals surface area contributed by atoms with Gasteiger partial charge in [0, 0.05) is 30.6 Å². The predicted octanol–water partition coefficient (Wildman–Crippen LogP) is 3.04. The third-order valence-corrected chi connectivity index (χ3v) is 4.63. The molecule has 6 heteroatoms. The molecule has 0 aliphatic carbocycles. The number of pyridine rings is 1. The minimum atomic E-state index is 0. The first-order chi connectivity index (χ1) is 10.3. The van der Waals surface area contributed by atoms with Crippen molar-refractivity contribution in [3.63, 3.8) is 0 Å². The van der Waals surface area contributed by atoms with Crippen LogP contribution in [0, 0.1) is 0 Å².